The van der Waals surface area contributed by atoms with Crippen molar-refractivity contribution in [1.82, 2.24) is 14.5 Å². The monoisotopic (exact) mass is 405 g/mol. The van der Waals surface area contributed by atoms with Crippen LogP contribution in [0.4, 0.5) is 0 Å². The van der Waals surface area contributed by atoms with Crippen LogP contribution >= 0.6 is 11.8 Å². The summed E-state index contributed by atoms with van der Waals surface area (Å²) in [5.74, 6) is 0.261. The normalized spacial score (nSPS) is 23.8. The van der Waals surface area contributed by atoms with E-state index >= 15 is 0 Å². The first-order valence-corrected chi connectivity index (χ1v) is 11.3. The van der Waals surface area contributed by atoms with Crippen molar-refractivity contribution in [1.29, 1.82) is 0 Å². The number of likely N-dealkylation sites (tertiary alicyclic amines) is 1. The number of amides is 1. The van der Waals surface area contributed by atoms with Crippen molar-refractivity contribution < 1.29 is 14.3 Å². The van der Waals surface area contributed by atoms with Crippen molar-refractivity contribution in [2.24, 2.45) is 5.92 Å². The zero-order chi connectivity index (χ0) is 19.7. The molecule has 3 heterocycles. The van der Waals surface area contributed by atoms with Gasteiger partial charge in [-0.25, -0.2) is 4.98 Å². The number of thioether (sulfide) groups is 1. The van der Waals surface area contributed by atoms with Gasteiger partial charge in [-0.1, -0.05) is 11.8 Å². The van der Waals surface area contributed by atoms with Crippen molar-refractivity contribution in [2.75, 3.05) is 25.4 Å². The highest BCUT2D eigenvalue weighted by atomic mass is 32.2. The molecule has 8 heteroatoms. The lowest BCUT2D eigenvalue weighted by molar-refractivity contribution is -0.151. The Kier molecular flexibility index (Phi) is 5.75. The maximum Gasteiger partial charge on any atom is 0.310 e. The molecule has 1 fully saturated rings. The van der Waals surface area contributed by atoms with E-state index in [4.69, 9.17) is 9.72 Å². The first-order valence-electron chi connectivity index (χ1n) is 10.3. The van der Waals surface area contributed by atoms with Gasteiger partial charge < -0.3 is 9.64 Å². The van der Waals surface area contributed by atoms with Gasteiger partial charge >= 0.3 is 5.97 Å². The summed E-state index contributed by atoms with van der Waals surface area (Å²) in [7, 11) is 0. The second-order valence-electron chi connectivity index (χ2n) is 7.80. The summed E-state index contributed by atoms with van der Waals surface area (Å²) in [6.45, 7) is 3.24. The zero-order valence-electron chi connectivity index (χ0n) is 16.3. The molecule has 3 aliphatic rings. The van der Waals surface area contributed by atoms with Crippen LogP contribution in [0.5, 0.6) is 0 Å². The van der Waals surface area contributed by atoms with Crippen LogP contribution in [0.25, 0.3) is 0 Å². The Labute approximate surface area is 168 Å². The minimum absolute atomic E-state index is 0.0112. The molecule has 1 amide bonds. The van der Waals surface area contributed by atoms with E-state index in [1.165, 1.54) is 0 Å². The van der Waals surface area contributed by atoms with Gasteiger partial charge in [-0.05, 0) is 45.4 Å². The number of carbonyl (C=O) groups excluding carboxylic acids is 2. The zero-order valence-corrected chi connectivity index (χ0v) is 17.1. The summed E-state index contributed by atoms with van der Waals surface area (Å²) in [6, 6.07) is -0.150. The molecule has 7 nitrogen and oxygen atoms in total. The molecule has 152 valence electrons. The highest BCUT2D eigenvalue weighted by Gasteiger charge is 2.34. The standard InChI is InChI=1S/C20H27N3O4S/c1-2-27-19(26)13-6-5-9-22(11-13)17(24)10-14-12-28-20-21-16-8-4-3-7-15(16)18(25)23(14)20/h13-14H,2-12H2,1H3. The molecular formula is C20H27N3O4S. The van der Waals surface area contributed by atoms with E-state index in [0.717, 1.165) is 54.9 Å². The summed E-state index contributed by atoms with van der Waals surface area (Å²) in [5.41, 5.74) is 1.84. The van der Waals surface area contributed by atoms with E-state index in [-0.39, 0.29) is 35.8 Å². The molecule has 0 N–H and O–H groups in total. The highest BCUT2D eigenvalue weighted by Crippen LogP contribution is 2.34. The number of carbonyl (C=O) groups is 2. The van der Waals surface area contributed by atoms with Crippen LogP contribution < -0.4 is 5.56 Å². The van der Waals surface area contributed by atoms with E-state index < -0.39 is 0 Å². The van der Waals surface area contributed by atoms with Crippen LogP contribution in [0, 0.1) is 5.92 Å². The minimum atomic E-state index is -0.237. The third-order valence-electron chi connectivity index (χ3n) is 5.93. The number of rotatable bonds is 4. The molecule has 0 saturated carbocycles. The number of ether oxygens (including phenoxy) is 1. The van der Waals surface area contributed by atoms with Crippen LogP contribution in [0.3, 0.4) is 0 Å². The number of piperidine rings is 1. The van der Waals surface area contributed by atoms with Gasteiger partial charge in [-0.15, -0.1) is 0 Å². The largest absolute Gasteiger partial charge is 0.466 e. The fraction of sp³-hybridized carbons (Fsp3) is 0.700. The first-order chi connectivity index (χ1) is 13.6. The Hall–Kier alpha value is -1.83. The molecule has 28 heavy (non-hydrogen) atoms. The van der Waals surface area contributed by atoms with Crippen LogP contribution in [-0.4, -0.2) is 51.8 Å². The molecule has 1 saturated heterocycles. The second-order valence-corrected chi connectivity index (χ2v) is 8.79. The van der Waals surface area contributed by atoms with Gasteiger partial charge in [0.2, 0.25) is 5.91 Å². The van der Waals surface area contributed by atoms with Crippen LogP contribution in [0.2, 0.25) is 0 Å². The maximum atomic E-state index is 13.0. The van der Waals surface area contributed by atoms with Crippen LogP contribution in [0.15, 0.2) is 9.95 Å². The molecule has 1 aliphatic carbocycles. The third-order valence-corrected chi connectivity index (χ3v) is 7.02. The second kappa shape index (κ2) is 8.27. The average molecular weight is 406 g/mol. The van der Waals surface area contributed by atoms with E-state index in [1.807, 2.05) is 0 Å². The number of nitrogens with zero attached hydrogens (tertiary/aromatic N) is 3. The van der Waals surface area contributed by atoms with E-state index in [2.05, 4.69) is 0 Å². The van der Waals surface area contributed by atoms with Crippen molar-refractivity contribution in [3.8, 4) is 0 Å². The summed E-state index contributed by atoms with van der Waals surface area (Å²) >= 11 is 1.57. The maximum absolute atomic E-state index is 13.0. The SMILES string of the molecule is CCOC(=O)C1CCCN(C(=O)CC2CSc3nc4c(c(=O)n32)CCCC4)C1. The van der Waals surface area contributed by atoms with Gasteiger partial charge in [0.05, 0.1) is 24.3 Å². The molecular weight excluding hydrogens is 378 g/mol. The predicted molar refractivity (Wildman–Crippen MR) is 105 cm³/mol. The summed E-state index contributed by atoms with van der Waals surface area (Å²) in [5, 5.41) is 0.756. The van der Waals surface area contributed by atoms with Gasteiger partial charge in [0.25, 0.3) is 5.56 Å². The Bertz CT molecular complexity index is 837. The molecule has 0 radical (unpaired) electrons. The summed E-state index contributed by atoms with van der Waals surface area (Å²) < 4.78 is 6.87. The van der Waals surface area contributed by atoms with Crippen molar-refractivity contribution in [2.45, 2.75) is 63.1 Å². The van der Waals surface area contributed by atoms with Crippen molar-refractivity contribution in [3.63, 3.8) is 0 Å². The molecule has 4 rings (SSSR count). The smallest absolute Gasteiger partial charge is 0.310 e. The van der Waals surface area contributed by atoms with Crippen LogP contribution in [-0.2, 0) is 27.2 Å². The number of aromatic nitrogens is 2. The number of aryl methyl sites for hydroxylation is 1. The molecule has 1 aromatic rings. The van der Waals surface area contributed by atoms with E-state index in [9.17, 15) is 14.4 Å². The predicted octanol–water partition coefficient (Wildman–Crippen LogP) is 1.96. The number of hydrogen-bond donors (Lipinski definition) is 0. The molecule has 1 aromatic heterocycles. The number of esters is 1. The summed E-state index contributed by atoms with van der Waals surface area (Å²) in [4.78, 5) is 44.5. The quantitative estimate of drug-likeness (QED) is 0.563. The van der Waals surface area contributed by atoms with Crippen molar-refractivity contribution in [3.05, 3.63) is 21.6 Å². The third kappa shape index (κ3) is 3.71. The first kappa shape index (κ1) is 19.5. The molecule has 2 unspecified atom stereocenters. The van der Waals surface area contributed by atoms with Gasteiger partial charge in [-0.3, -0.25) is 19.0 Å². The Morgan fingerprint density at radius 1 is 1.25 bits per heavy atom. The Morgan fingerprint density at radius 2 is 2.07 bits per heavy atom. The summed E-state index contributed by atoms with van der Waals surface area (Å²) in [6.07, 6.45) is 5.65. The molecule has 2 atom stereocenters. The fourth-order valence-corrected chi connectivity index (χ4v) is 5.61. The molecule has 0 aromatic carbocycles. The lowest BCUT2D eigenvalue weighted by Crippen LogP contribution is -2.44. The average Bonchev–Trinajstić information content (AvgIpc) is 3.11. The molecule has 2 aliphatic heterocycles. The molecule has 0 bridgehead atoms. The number of fused-ring (bicyclic) bond motifs is 2. The highest BCUT2D eigenvalue weighted by molar-refractivity contribution is 7.99. The van der Waals surface area contributed by atoms with Crippen molar-refractivity contribution >= 4 is 23.6 Å². The lowest BCUT2D eigenvalue weighted by atomic mass is 9.97. The Balaban J connectivity index is 1.47. The number of hydrogen-bond acceptors (Lipinski definition) is 6. The van der Waals surface area contributed by atoms with Gasteiger partial charge in [0, 0.05) is 30.8 Å². The topological polar surface area (TPSA) is 81.5 Å². The van der Waals surface area contributed by atoms with E-state index in [0.29, 0.717) is 25.4 Å². The van der Waals surface area contributed by atoms with Crippen LogP contribution in [0.1, 0.15) is 56.3 Å². The lowest BCUT2D eigenvalue weighted by Gasteiger charge is -2.32. The fourth-order valence-electron chi connectivity index (χ4n) is 4.45. The van der Waals surface area contributed by atoms with Gasteiger partial charge in [0.15, 0.2) is 5.16 Å². The minimum Gasteiger partial charge on any atom is -0.466 e. The Morgan fingerprint density at radius 3 is 2.89 bits per heavy atom. The molecule has 0 spiro atoms. The van der Waals surface area contributed by atoms with Gasteiger partial charge in [-0.2, -0.15) is 0 Å². The van der Waals surface area contributed by atoms with Gasteiger partial charge in [0.1, 0.15) is 0 Å². The van der Waals surface area contributed by atoms with E-state index in [1.54, 1.807) is 28.2 Å².